The summed E-state index contributed by atoms with van der Waals surface area (Å²) in [6.07, 6.45) is 0. The molecule has 0 saturated heterocycles. The molecule has 13 heavy (non-hydrogen) atoms. The van der Waals surface area contributed by atoms with E-state index in [2.05, 4.69) is 33.9 Å². The van der Waals surface area contributed by atoms with E-state index in [0.717, 1.165) is 0 Å². The van der Waals surface area contributed by atoms with Crippen molar-refractivity contribution in [2.75, 3.05) is 7.11 Å². The Kier molecular flexibility index (Phi) is 3.75. The van der Waals surface area contributed by atoms with Gasteiger partial charge >= 0.3 is 0 Å². The van der Waals surface area contributed by atoms with Gasteiger partial charge in [-0.2, -0.15) is 0 Å². The van der Waals surface area contributed by atoms with E-state index in [-0.39, 0.29) is 5.04 Å². The molecule has 0 radical (unpaired) electrons. The maximum atomic E-state index is 6.06. The van der Waals surface area contributed by atoms with Crippen LogP contribution in [0.4, 0.5) is 0 Å². The Bertz CT molecular complexity index is 168. The summed E-state index contributed by atoms with van der Waals surface area (Å²) in [5, 5.41) is 0.239. The van der Waals surface area contributed by atoms with E-state index < -0.39 is 14.1 Å². The van der Waals surface area contributed by atoms with Gasteiger partial charge in [0.15, 0.2) is 14.1 Å². The van der Waals surface area contributed by atoms with Crippen LogP contribution in [0, 0.1) is 0 Å². The summed E-state index contributed by atoms with van der Waals surface area (Å²) >= 11 is 0. The molecule has 0 fully saturated rings. The second-order valence-corrected chi connectivity index (χ2v) is 10.2. The van der Waals surface area contributed by atoms with E-state index in [1.807, 2.05) is 13.8 Å². The van der Waals surface area contributed by atoms with Crippen molar-refractivity contribution in [2.24, 2.45) is 0 Å². The van der Waals surface area contributed by atoms with Gasteiger partial charge in [0, 0.05) is 7.11 Å². The molecular formula is C10H24O2Si. The second-order valence-electron chi connectivity index (χ2n) is 5.47. The minimum Gasteiger partial charge on any atom is -0.390 e. The van der Waals surface area contributed by atoms with E-state index in [4.69, 9.17) is 9.16 Å². The SMILES string of the molecule is COC(C)(C)O[Si](C)(C)C(C)(C)C. The van der Waals surface area contributed by atoms with Gasteiger partial charge in [-0.3, -0.25) is 0 Å². The topological polar surface area (TPSA) is 18.5 Å². The van der Waals surface area contributed by atoms with Crippen LogP contribution < -0.4 is 0 Å². The van der Waals surface area contributed by atoms with Gasteiger partial charge in [-0.15, -0.1) is 0 Å². The van der Waals surface area contributed by atoms with Gasteiger partial charge in [0.2, 0.25) is 0 Å². The van der Waals surface area contributed by atoms with Crippen LogP contribution in [0.25, 0.3) is 0 Å². The fourth-order valence-electron chi connectivity index (χ4n) is 0.809. The Morgan fingerprint density at radius 3 is 1.54 bits per heavy atom. The molecule has 3 heteroatoms. The molecule has 0 aromatic rings. The third-order valence-electron chi connectivity index (χ3n) is 2.80. The second kappa shape index (κ2) is 3.71. The molecule has 0 aromatic heterocycles. The van der Waals surface area contributed by atoms with Crippen molar-refractivity contribution in [3.63, 3.8) is 0 Å². The van der Waals surface area contributed by atoms with Crippen LogP contribution in [0.15, 0.2) is 0 Å². The van der Waals surface area contributed by atoms with Gasteiger partial charge in [0.05, 0.1) is 0 Å². The van der Waals surface area contributed by atoms with E-state index in [1.165, 1.54) is 0 Å². The van der Waals surface area contributed by atoms with E-state index in [1.54, 1.807) is 7.11 Å². The van der Waals surface area contributed by atoms with Gasteiger partial charge < -0.3 is 9.16 Å². The lowest BCUT2D eigenvalue weighted by Crippen LogP contribution is -2.48. The molecule has 0 aromatic carbocycles. The average Bonchev–Trinajstić information content (AvgIpc) is 1.83. The standard InChI is InChI=1S/C10H24O2Si/c1-9(2,3)13(7,8)12-10(4,5)11-6/h1-8H3. The van der Waals surface area contributed by atoms with E-state index >= 15 is 0 Å². The number of methoxy groups -OCH3 is 1. The lowest BCUT2D eigenvalue weighted by molar-refractivity contribution is -0.143. The zero-order valence-electron chi connectivity index (χ0n) is 10.3. The molecule has 0 amide bonds. The smallest absolute Gasteiger partial charge is 0.195 e. The maximum Gasteiger partial charge on any atom is 0.195 e. The largest absolute Gasteiger partial charge is 0.390 e. The van der Waals surface area contributed by atoms with E-state index in [9.17, 15) is 0 Å². The zero-order chi connectivity index (χ0) is 10.9. The number of hydrogen-bond donors (Lipinski definition) is 0. The highest BCUT2D eigenvalue weighted by atomic mass is 28.4. The summed E-state index contributed by atoms with van der Waals surface area (Å²) < 4.78 is 11.3. The first-order valence-electron chi connectivity index (χ1n) is 4.77. The van der Waals surface area contributed by atoms with Crippen LogP contribution in [0.3, 0.4) is 0 Å². The summed E-state index contributed by atoms with van der Waals surface area (Å²) in [5.41, 5.74) is 0. The minimum absolute atomic E-state index is 0.239. The van der Waals surface area contributed by atoms with Crippen molar-refractivity contribution >= 4 is 8.32 Å². The minimum atomic E-state index is -1.69. The van der Waals surface area contributed by atoms with Crippen LogP contribution >= 0.6 is 0 Å². The predicted octanol–water partition coefficient (Wildman–Crippen LogP) is 3.39. The third kappa shape index (κ3) is 3.79. The summed E-state index contributed by atoms with van der Waals surface area (Å²) in [5.74, 6) is -0.455. The van der Waals surface area contributed by atoms with Crippen LogP contribution in [0.5, 0.6) is 0 Å². The first-order valence-corrected chi connectivity index (χ1v) is 7.68. The fraction of sp³-hybridized carbons (Fsp3) is 1.00. The highest BCUT2D eigenvalue weighted by molar-refractivity contribution is 6.74. The Labute approximate surface area is 83.8 Å². The molecule has 0 heterocycles. The molecule has 0 aliphatic carbocycles. The third-order valence-corrected chi connectivity index (χ3v) is 7.41. The maximum absolute atomic E-state index is 6.06. The Morgan fingerprint density at radius 2 is 1.31 bits per heavy atom. The molecule has 0 aliphatic rings. The molecule has 0 unspecified atom stereocenters. The van der Waals surface area contributed by atoms with Crippen molar-refractivity contribution < 1.29 is 9.16 Å². The molecule has 2 nitrogen and oxygen atoms in total. The molecule has 0 atom stereocenters. The molecule has 0 aliphatic heterocycles. The number of rotatable bonds is 3. The predicted molar refractivity (Wildman–Crippen MR) is 59.4 cm³/mol. The first-order chi connectivity index (χ1) is 5.52. The summed E-state index contributed by atoms with van der Waals surface area (Å²) in [6.45, 7) is 15.1. The zero-order valence-corrected chi connectivity index (χ0v) is 11.3. The van der Waals surface area contributed by atoms with Gasteiger partial charge in [0.1, 0.15) is 0 Å². The molecule has 0 rings (SSSR count). The van der Waals surface area contributed by atoms with Crippen LogP contribution in [-0.2, 0) is 9.16 Å². The first kappa shape index (κ1) is 13.1. The monoisotopic (exact) mass is 204 g/mol. The Hall–Kier alpha value is 0.137. The average molecular weight is 204 g/mol. The van der Waals surface area contributed by atoms with Gasteiger partial charge in [-0.1, -0.05) is 20.8 Å². The lowest BCUT2D eigenvalue weighted by atomic mass is 10.2. The molecule has 0 N–H and O–H groups in total. The Morgan fingerprint density at radius 1 is 0.923 bits per heavy atom. The van der Waals surface area contributed by atoms with Crippen LogP contribution in [0.2, 0.25) is 18.1 Å². The normalized spacial score (nSPS) is 14.8. The van der Waals surface area contributed by atoms with Crippen LogP contribution in [0.1, 0.15) is 34.6 Å². The van der Waals surface area contributed by atoms with Crippen molar-refractivity contribution in [3.05, 3.63) is 0 Å². The van der Waals surface area contributed by atoms with Gasteiger partial charge in [-0.05, 0) is 32.0 Å². The molecule has 80 valence electrons. The quantitative estimate of drug-likeness (QED) is 0.518. The highest BCUT2D eigenvalue weighted by Crippen LogP contribution is 2.39. The lowest BCUT2D eigenvalue weighted by Gasteiger charge is -2.41. The molecular weight excluding hydrogens is 180 g/mol. The summed E-state index contributed by atoms with van der Waals surface area (Å²) in [4.78, 5) is 0. The van der Waals surface area contributed by atoms with Crippen molar-refractivity contribution in [1.29, 1.82) is 0 Å². The number of ether oxygens (including phenoxy) is 1. The summed E-state index contributed by atoms with van der Waals surface area (Å²) in [7, 11) is 0.00135. The molecule has 0 spiro atoms. The fourth-order valence-corrected chi connectivity index (χ4v) is 2.43. The van der Waals surface area contributed by atoms with Crippen LogP contribution in [-0.4, -0.2) is 21.2 Å². The molecule has 0 saturated carbocycles. The highest BCUT2D eigenvalue weighted by Gasteiger charge is 2.41. The Balaban J connectivity index is 4.52. The number of hydrogen-bond acceptors (Lipinski definition) is 2. The van der Waals surface area contributed by atoms with Crippen molar-refractivity contribution in [3.8, 4) is 0 Å². The van der Waals surface area contributed by atoms with Crippen molar-refractivity contribution in [2.45, 2.75) is 58.5 Å². The molecule has 0 bridgehead atoms. The van der Waals surface area contributed by atoms with Gasteiger partial charge in [0.25, 0.3) is 0 Å². The van der Waals surface area contributed by atoms with Crippen molar-refractivity contribution in [1.82, 2.24) is 0 Å². The van der Waals surface area contributed by atoms with Gasteiger partial charge in [-0.25, -0.2) is 0 Å². The summed E-state index contributed by atoms with van der Waals surface area (Å²) in [6, 6.07) is 0. The van der Waals surface area contributed by atoms with E-state index in [0.29, 0.717) is 0 Å².